The molecule has 0 aliphatic heterocycles. The van der Waals surface area contributed by atoms with Crippen LogP contribution in [0.25, 0.3) is 11.5 Å². The normalized spacial score (nSPS) is 13.8. The standard InChI is InChI=1S/C24H29ClN4O5S/c1-23(2,3)29(22(30)31)24(4,14-16-10-8-7-9-11-16)18-15-26-21(34-18)17-12-19(25)27-20(13-17)28(5)35(6,32)33/h7-13,15H,14H2,1-6H3,(H,30,31). The van der Waals surface area contributed by atoms with E-state index < -0.39 is 27.2 Å². The summed E-state index contributed by atoms with van der Waals surface area (Å²) in [5.74, 6) is 0.592. The fourth-order valence-corrected chi connectivity index (χ4v) is 4.74. The minimum Gasteiger partial charge on any atom is -0.465 e. The Balaban J connectivity index is 2.14. The molecule has 0 radical (unpaired) electrons. The van der Waals surface area contributed by atoms with Gasteiger partial charge in [-0.25, -0.2) is 23.2 Å². The summed E-state index contributed by atoms with van der Waals surface area (Å²) in [6.07, 6.45) is 1.79. The number of carbonyl (C=O) groups is 1. The van der Waals surface area contributed by atoms with E-state index in [-0.39, 0.29) is 16.9 Å². The van der Waals surface area contributed by atoms with E-state index in [1.54, 1.807) is 6.92 Å². The van der Waals surface area contributed by atoms with Crippen LogP contribution < -0.4 is 4.31 Å². The van der Waals surface area contributed by atoms with Gasteiger partial charge in [0.15, 0.2) is 5.76 Å². The maximum atomic E-state index is 12.5. The molecule has 1 atom stereocenters. The van der Waals surface area contributed by atoms with Crippen LogP contribution in [0.2, 0.25) is 5.15 Å². The number of pyridine rings is 1. The minimum atomic E-state index is -3.57. The van der Waals surface area contributed by atoms with Crippen LogP contribution in [-0.4, -0.2) is 53.3 Å². The van der Waals surface area contributed by atoms with Crippen molar-refractivity contribution in [1.29, 1.82) is 0 Å². The smallest absolute Gasteiger partial charge is 0.408 e. The second kappa shape index (κ2) is 9.50. The van der Waals surface area contributed by atoms with Gasteiger partial charge in [0.1, 0.15) is 16.5 Å². The van der Waals surface area contributed by atoms with Gasteiger partial charge < -0.3 is 9.52 Å². The summed E-state index contributed by atoms with van der Waals surface area (Å²) in [7, 11) is -2.21. The van der Waals surface area contributed by atoms with Gasteiger partial charge >= 0.3 is 6.09 Å². The lowest BCUT2D eigenvalue weighted by atomic mass is 9.85. The maximum Gasteiger partial charge on any atom is 0.408 e. The number of halogens is 1. The number of sulfonamides is 1. The molecule has 1 N–H and O–H groups in total. The topological polar surface area (TPSA) is 117 Å². The Kier molecular flexibility index (Phi) is 7.19. The first-order valence-corrected chi connectivity index (χ1v) is 13.0. The van der Waals surface area contributed by atoms with Gasteiger partial charge in [-0.2, -0.15) is 0 Å². The molecular weight excluding hydrogens is 492 g/mol. The number of anilines is 1. The molecule has 9 nitrogen and oxygen atoms in total. The highest BCUT2D eigenvalue weighted by Crippen LogP contribution is 2.39. The number of nitrogens with zero attached hydrogens (tertiary/aromatic N) is 4. The molecule has 0 saturated carbocycles. The zero-order valence-electron chi connectivity index (χ0n) is 20.5. The highest BCUT2D eigenvalue weighted by Gasteiger charge is 2.46. The minimum absolute atomic E-state index is 0.0571. The summed E-state index contributed by atoms with van der Waals surface area (Å²) in [6.45, 7) is 7.25. The average Bonchev–Trinajstić information content (AvgIpc) is 3.22. The van der Waals surface area contributed by atoms with Gasteiger partial charge in [-0.3, -0.25) is 9.21 Å². The molecule has 1 amide bonds. The van der Waals surface area contributed by atoms with E-state index in [1.807, 2.05) is 51.1 Å². The van der Waals surface area contributed by atoms with E-state index >= 15 is 0 Å². The Labute approximate surface area is 210 Å². The average molecular weight is 521 g/mol. The van der Waals surface area contributed by atoms with Gasteiger partial charge in [0.05, 0.1) is 12.5 Å². The molecule has 0 spiro atoms. The number of hydrogen-bond acceptors (Lipinski definition) is 6. The van der Waals surface area contributed by atoms with Crippen molar-refractivity contribution in [3.05, 3.63) is 65.1 Å². The maximum absolute atomic E-state index is 12.5. The zero-order chi connectivity index (χ0) is 26.2. The second-order valence-corrected chi connectivity index (χ2v) is 11.9. The zero-order valence-corrected chi connectivity index (χ0v) is 22.1. The number of benzene rings is 1. The van der Waals surface area contributed by atoms with E-state index in [0.29, 0.717) is 17.7 Å². The van der Waals surface area contributed by atoms with Crippen LogP contribution in [-0.2, 0) is 22.0 Å². The third-order valence-corrected chi connectivity index (χ3v) is 7.01. The van der Waals surface area contributed by atoms with Gasteiger partial charge in [0, 0.05) is 24.6 Å². The van der Waals surface area contributed by atoms with E-state index in [9.17, 15) is 18.3 Å². The molecule has 3 rings (SSSR count). The molecule has 0 aliphatic carbocycles. The van der Waals surface area contributed by atoms with Crippen molar-refractivity contribution >= 4 is 33.5 Å². The number of aromatic nitrogens is 2. The van der Waals surface area contributed by atoms with Crippen molar-refractivity contribution in [3.8, 4) is 11.5 Å². The predicted molar refractivity (Wildman–Crippen MR) is 135 cm³/mol. The fourth-order valence-electron chi connectivity index (χ4n) is 4.10. The van der Waals surface area contributed by atoms with Crippen LogP contribution in [0, 0.1) is 0 Å². The van der Waals surface area contributed by atoms with Crippen LogP contribution in [0.15, 0.2) is 53.1 Å². The summed E-state index contributed by atoms with van der Waals surface area (Å²) >= 11 is 6.16. The number of rotatable bonds is 7. The molecule has 11 heteroatoms. The van der Waals surface area contributed by atoms with Crippen LogP contribution in [0.4, 0.5) is 10.6 Å². The Bertz CT molecular complexity index is 1320. The molecule has 2 heterocycles. The molecule has 0 fully saturated rings. The fraction of sp³-hybridized carbons (Fsp3) is 0.375. The second-order valence-electron chi connectivity index (χ2n) is 9.52. The first kappa shape index (κ1) is 26.5. The quantitative estimate of drug-likeness (QED) is 0.434. The summed E-state index contributed by atoms with van der Waals surface area (Å²) < 4.78 is 31.1. The Morgan fingerprint density at radius 3 is 2.31 bits per heavy atom. The molecule has 188 valence electrons. The van der Waals surface area contributed by atoms with Crippen molar-refractivity contribution in [3.63, 3.8) is 0 Å². The summed E-state index contributed by atoms with van der Waals surface area (Å²) in [5, 5.41) is 10.3. The third-order valence-electron chi connectivity index (χ3n) is 5.63. The van der Waals surface area contributed by atoms with Crippen LogP contribution >= 0.6 is 11.6 Å². The summed E-state index contributed by atoms with van der Waals surface area (Å²) in [5.41, 5.74) is -0.540. The molecule has 0 bridgehead atoms. The number of hydrogen-bond donors (Lipinski definition) is 1. The predicted octanol–water partition coefficient (Wildman–Crippen LogP) is 5.02. The lowest BCUT2D eigenvalue weighted by Crippen LogP contribution is -2.57. The Hall–Kier alpha value is -3.11. The molecule has 3 aromatic rings. The third kappa shape index (κ3) is 5.76. The summed E-state index contributed by atoms with van der Waals surface area (Å²) in [6, 6.07) is 12.5. The van der Waals surface area contributed by atoms with E-state index in [4.69, 9.17) is 16.0 Å². The molecular formula is C24H29ClN4O5S. The lowest BCUT2D eigenvalue weighted by molar-refractivity contribution is 0.0111. The van der Waals surface area contributed by atoms with Gasteiger partial charge in [-0.1, -0.05) is 41.9 Å². The number of amides is 1. The van der Waals surface area contributed by atoms with Gasteiger partial charge in [-0.15, -0.1) is 0 Å². The van der Waals surface area contributed by atoms with E-state index in [2.05, 4.69) is 9.97 Å². The monoisotopic (exact) mass is 520 g/mol. The Morgan fingerprint density at radius 2 is 1.77 bits per heavy atom. The molecule has 2 aromatic heterocycles. The SMILES string of the molecule is CN(c1cc(-c2ncc(C(C)(Cc3ccccc3)N(C(=O)O)C(C)(C)C)o2)cc(Cl)n1)S(C)(=O)=O. The Morgan fingerprint density at radius 1 is 1.14 bits per heavy atom. The van der Waals surface area contributed by atoms with Crippen molar-refractivity contribution in [1.82, 2.24) is 14.9 Å². The number of carboxylic acid groups (broad SMARTS) is 1. The van der Waals surface area contributed by atoms with Crippen LogP contribution in [0.5, 0.6) is 0 Å². The highest BCUT2D eigenvalue weighted by atomic mass is 35.5. The van der Waals surface area contributed by atoms with Crippen LogP contribution in [0.1, 0.15) is 39.0 Å². The largest absolute Gasteiger partial charge is 0.465 e. The molecule has 35 heavy (non-hydrogen) atoms. The van der Waals surface area contributed by atoms with E-state index in [1.165, 1.54) is 30.3 Å². The molecule has 1 unspecified atom stereocenters. The van der Waals surface area contributed by atoms with Crippen molar-refractivity contribution in [2.75, 3.05) is 17.6 Å². The lowest BCUT2D eigenvalue weighted by Gasteiger charge is -2.46. The van der Waals surface area contributed by atoms with Crippen molar-refractivity contribution in [2.24, 2.45) is 0 Å². The summed E-state index contributed by atoms with van der Waals surface area (Å²) in [4.78, 5) is 22.3. The van der Waals surface area contributed by atoms with Gasteiger partial charge in [0.25, 0.3) is 0 Å². The first-order valence-electron chi connectivity index (χ1n) is 10.8. The van der Waals surface area contributed by atoms with Gasteiger partial charge in [0.2, 0.25) is 15.9 Å². The van der Waals surface area contributed by atoms with Crippen molar-refractivity contribution < 1.29 is 22.7 Å². The van der Waals surface area contributed by atoms with Crippen LogP contribution in [0.3, 0.4) is 0 Å². The van der Waals surface area contributed by atoms with Crippen molar-refractivity contribution in [2.45, 2.75) is 45.2 Å². The molecule has 0 aliphatic rings. The van der Waals surface area contributed by atoms with Gasteiger partial charge in [-0.05, 0) is 45.4 Å². The highest BCUT2D eigenvalue weighted by molar-refractivity contribution is 7.92. The molecule has 1 aromatic carbocycles. The molecule has 0 saturated heterocycles. The first-order chi connectivity index (χ1) is 16.1. The van der Waals surface area contributed by atoms with E-state index in [0.717, 1.165) is 16.1 Å². The number of oxazole rings is 1.